The zero-order chi connectivity index (χ0) is 20.8. The molecule has 152 valence electrons. The van der Waals surface area contributed by atoms with E-state index in [0.29, 0.717) is 30.4 Å². The van der Waals surface area contributed by atoms with Crippen LogP contribution in [0.1, 0.15) is 41.2 Å². The molecular formula is C19H23N7O2S. The van der Waals surface area contributed by atoms with Gasteiger partial charge in [-0.25, -0.2) is 15.0 Å². The van der Waals surface area contributed by atoms with Crippen molar-refractivity contribution in [2.45, 2.75) is 39.2 Å². The molecule has 29 heavy (non-hydrogen) atoms. The molecule has 10 heteroatoms. The predicted molar refractivity (Wildman–Crippen MR) is 111 cm³/mol. The molecule has 0 fully saturated rings. The van der Waals surface area contributed by atoms with Crippen molar-refractivity contribution in [3.8, 4) is 11.4 Å². The first kappa shape index (κ1) is 19.5. The van der Waals surface area contributed by atoms with Crippen molar-refractivity contribution in [2.75, 3.05) is 24.8 Å². The quantitative estimate of drug-likeness (QED) is 0.659. The molecule has 4 rings (SSSR count). The molecular weight excluding hydrogens is 390 g/mol. The van der Waals surface area contributed by atoms with E-state index in [1.54, 1.807) is 18.0 Å². The molecule has 3 heterocycles. The summed E-state index contributed by atoms with van der Waals surface area (Å²) in [6, 6.07) is 0. The average Bonchev–Trinajstić information content (AvgIpc) is 3.25. The second kappa shape index (κ2) is 7.20. The fourth-order valence-electron chi connectivity index (χ4n) is 3.73. The van der Waals surface area contributed by atoms with E-state index in [4.69, 9.17) is 10.5 Å². The summed E-state index contributed by atoms with van der Waals surface area (Å²) in [6.45, 7) is 7.02. The van der Waals surface area contributed by atoms with Crippen LogP contribution in [0.15, 0.2) is 11.6 Å². The van der Waals surface area contributed by atoms with Crippen LogP contribution in [0.25, 0.3) is 11.4 Å². The average molecular weight is 414 g/mol. The lowest BCUT2D eigenvalue weighted by Gasteiger charge is -2.31. The van der Waals surface area contributed by atoms with Crippen LogP contribution in [0.5, 0.6) is 0 Å². The molecule has 0 unspecified atom stereocenters. The van der Waals surface area contributed by atoms with Crippen LogP contribution in [0, 0.1) is 6.92 Å². The summed E-state index contributed by atoms with van der Waals surface area (Å²) in [5.74, 6) is -0.0940. The minimum absolute atomic E-state index is 0.193. The van der Waals surface area contributed by atoms with E-state index >= 15 is 0 Å². The minimum Gasteiger partial charge on any atom is -0.383 e. The summed E-state index contributed by atoms with van der Waals surface area (Å²) in [5.41, 5.74) is 10.1. The smallest absolute Gasteiger partial charge is 0.278 e. The number of amides is 1. The number of hydrogen-bond acceptors (Lipinski definition) is 8. The van der Waals surface area contributed by atoms with Crippen molar-refractivity contribution in [1.82, 2.24) is 24.7 Å². The maximum atomic E-state index is 13.1. The fraction of sp³-hybridized carbons (Fsp3) is 0.421. The molecule has 0 bridgehead atoms. The molecule has 3 aromatic heterocycles. The monoisotopic (exact) mass is 413 g/mol. The highest BCUT2D eigenvalue weighted by Gasteiger charge is 2.40. The van der Waals surface area contributed by atoms with Gasteiger partial charge in [-0.2, -0.15) is 5.10 Å². The molecule has 0 spiro atoms. The van der Waals surface area contributed by atoms with Gasteiger partial charge >= 0.3 is 0 Å². The van der Waals surface area contributed by atoms with Crippen LogP contribution in [0.2, 0.25) is 0 Å². The highest BCUT2D eigenvalue weighted by Crippen LogP contribution is 2.44. The number of hydrogen-bond donors (Lipinski definition) is 2. The van der Waals surface area contributed by atoms with Crippen LogP contribution < -0.4 is 11.1 Å². The van der Waals surface area contributed by atoms with Crippen molar-refractivity contribution >= 4 is 28.3 Å². The third kappa shape index (κ3) is 3.49. The predicted octanol–water partition coefficient (Wildman–Crippen LogP) is 2.42. The van der Waals surface area contributed by atoms with Crippen molar-refractivity contribution in [2.24, 2.45) is 0 Å². The summed E-state index contributed by atoms with van der Waals surface area (Å²) in [7, 11) is 1.63. The first-order valence-electron chi connectivity index (χ1n) is 9.25. The number of anilines is 2. The summed E-state index contributed by atoms with van der Waals surface area (Å²) in [4.78, 5) is 26.1. The maximum absolute atomic E-state index is 13.1. The van der Waals surface area contributed by atoms with Gasteiger partial charge < -0.3 is 10.5 Å². The lowest BCUT2D eigenvalue weighted by molar-refractivity contribution is 0.101. The number of nitrogens with two attached hydrogens (primary N) is 1. The van der Waals surface area contributed by atoms with Crippen LogP contribution in [-0.4, -0.2) is 44.4 Å². The number of carbonyl (C=O) groups excluding carboxylic acids is 1. The first-order valence-corrected chi connectivity index (χ1v) is 10.1. The second-order valence-electron chi connectivity index (χ2n) is 7.70. The normalized spacial score (nSPS) is 14.3. The van der Waals surface area contributed by atoms with Gasteiger partial charge in [0.1, 0.15) is 0 Å². The Labute approximate surface area is 172 Å². The van der Waals surface area contributed by atoms with Crippen LogP contribution in [0.3, 0.4) is 0 Å². The largest absolute Gasteiger partial charge is 0.383 e. The molecule has 0 aromatic carbocycles. The standard InChI is InChI=1S/C19H23N7O2S/c1-10-9-29-18(22-10)24-16(27)14-12-15(26(25-14)5-6-28-4)13-11(7-19(12,2)3)8-21-17(20)23-13/h8-9H,5-7H2,1-4H3,(H2,20,21,23)(H,22,24,27). The summed E-state index contributed by atoms with van der Waals surface area (Å²) >= 11 is 1.39. The number of carbonyl (C=O) groups is 1. The van der Waals surface area contributed by atoms with E-state index in [0.717, 1.165) is 28.2 Å². The summed E-state index contributed by atoms with van der Waals surface area (Å²) in [5, 5.41) is 9.97. The van der Waals surface area contributed by atoms with E-state index in [2.05, 4.69) is 39.2 Å². The lowest BCUT2D eigenvalue weighted by atomic mass is 9.73. The van der Waals surface area contributed by atoms with E-state index in [1.807, 2.05) is 12.3 Å². The van der Waals surface area contributed by atoms with E-state index in [1.165, 1.54) is 11.3 Å². The molecule has 1 aliphatic carbocycles. The highest BCUT2D eigenvalue weighted by molar-refractivity contribution is 7.13. The number of rotatable bonds is 5. The van der Waals surface area contributed by atoms with Crippen molar-refractivity contribution in [1.29, 1.82) is 0 Å². The van der Waals surface area contributed by atoms with Crippen molar-refractivity contribution in [3.05, 3.63) is 34.1 Å². The number of methoxy groups -OCH3 is 1. The fourth-order valence-corrected chi connectivity index (χ4v) is 4.41. The molecule has 0 saturated heterocycles. The number of ether oxygens (including phenoxy) is 1. The highest BCUT2D eigenvalue weighted by atomic mass is 32.1. The van der Waals surface area contributed by atoms with Gasteiger partial charge in [-0.1, -0.05) is 13.8 Å². The molecule has 0 saturated carbocycles. The number of aromatic nitrogens is 5. The molecule has 1 aliphatic rings. The number of nitrogens with one attached hydrogen (secondary N) is 1. The van der Waals surface area contributed by atoms with Gasteiger partial charge in [-0.15, -0.1) is 11.3 Å². The Morgan fingerprint density at radius 1 is 1.41 bits per heavy atom. The zero-order valence-corrected chi connectivity index (χ0v) is 17.6. The Hall–Kier alpha value is -2.85. The van der Waals surface area contributed by atoms with Crippen LogP contribution in [0.4, 0.5) is 11.1 Å². The summed E-state index contributed by atoms with van der Waals surface area (Å²) < 4.78 is 7.03. The lowest BCUT2D eigenvalue weighted by Crippen LogP contribution is -2.29. The molecule has 3 aromatic rings. The second-order valence-corrected chi connectivity index (χ2v) is 8.56. The Bertz CT molecular complexity index is 1090. The molecule has 0 atom stereocenters. The van der Waals surface area contributed by atoms with E-state index in [9.17, 15) is 4.79 Å². The minimum atomic E-state index is -0.335. The number of fused-ring (bicyclic) bond motifs is 3. The maximum Gasteiger partial charge on any atom is 0.278 e. The van der Waals surface area contributed by atoms with Gasteiger partial charge in [0.05, 0.1) is 30.2 Å². The van der Waals surface area contributed by atoms with Crippen LogP contribution >= 0.6 is 11.3 Å². The number of thiazole rings is 1. The third-order valence-corrected chi connectivity index (χ3v) is 5.81. The Morgan fingerprint density at radius 2 is 2.21 bits per heavy atom. The van der Waals surface area contributed by atoms with Gasteiger partial charge in [-0.05, 0) is 24.3 Å². The molecule has 9 nitrogen and oxygen atoms in total. The van der Waals surface area contributed by atoms with Crippen molar-refractivity contribution in [3.63, 3.8) is 0 Å². The van der Waals surface area contributed by atoms with E-state index < -0.39 is 0 Å². The number of nitrogens with zero attached hydrogens (tertiary/aromatic N) is 5. The van der Waals surface area contributed by atoms with Crippen molar-refractivity contribution < 1.29 is 9.53 Å². The third-order valence-electron chi connectivity index (χ3n) is 4.93. The van der Waals surface area contributed by atoms with Gasteiger partial charge in [0, 0.05) is 24.3 Å². The number of aryl methyl sites for hydroxylation is 1. The topological polar surface area (TPSA) is 121 Å². The van der Waals surface area contributed by atoms with Gasteiger partial charge in [0.15, 0.2) is 10.8 Å². The summed E-state index contributed by atoms with van der Waals surface area (Å²) in [6.07, 6.45) is 2.44. The first-order chi connectivity index (χ1) is 13.8. The SMILES string of the molecule is COCCn1nc(C(=O)Nc2nc(C)cs2)c2c1-c1nc(N)ncc1CC2(C)C. The van der Waals surface area contributed by atoms with Gasteiger partial charge in [-0.3, -0.25) is 14.8 Å². The molecule has 0 radical (unpaired) electrons. The number of nitrogen functional groups attached to an aromatic ring is 1. The zero-order valence-electron chi connectivity index (χ0n) is 16.8. The Balaban J connectivity index is 1.87. The Kier molecular flexibility index (Phi) is 4.83. The van der Waals surface area contributed by atoms with E-state index in [-0.39, 0.29) is 17.3 Å². The van der Waals surface area contributed by atoms with Gasteiger partial charge in [0.2, 0.25) is 5.95 Å². The Morgan fingerprint density at radius 3 is 2.90 bits per heavy atom. The van der Waals surface area contributed by atoms with Gasteiger partial charge in [0.25, 0.3) is 5.91 Å². The molecule has 3 N–H and O–H groups in total. The molecule has 0 aliphatic heterocycles. The van der Waals surface area contributed by atoms with Crippen LogP contribution in [-0.2, 0) is 23.1 Å². The molecule has 1 amide bonds.